The van der Waals surface area contributed by atoms with Crippen LogP contribution in [0.15, 0.2) is 30.3 Å². The molecular formula is C29H43N3O5. The maximum absolute atomic E-state index is 13.9. The number of nitrogens with zero attached hydrogens (tertiary/aromatic N) is 1. The minimum Gasteiger partial charge on any atom is -0.396 e. The van der Waals surface area contributed by atoms with Crippen LogP contribution in [0.25, 0.3) is 0 Å². The Kier molecular flexibility index (Phi) is 7.23. The van der Waals surface area contributed by atoms with E-state index in [0.29, 0.717) is 25.8 Å². The zero-order valence-corrected chi connectivity index (χ0v) is 23.1. The molecule has 3 heterocycles. The molecule has 3 amide bonds. The fraction of sp³-hybridized carbons (Fsp3) is 0.690. The molecule has 0 radical (unpaired) electrons. The van der Waals surface area contributed by atoms with Crippen molar-refractivity contribution in [3.8, 4) is 0 Å². The Hall–Kier alpha value is -2.45. The molecule has 0 saturated carbocycles. The van der Waals surface area contributed by atoms with Gasteiger partial charge in [0.15, 0.2) is 0 Å². The van der Waals surface area contributed by atoms with E-state index in [9.17, 15) is 19.5 Å². The van der Waals surface area contributed by atoms with Crippen molar-refractivity contribution in [2.24, 2.45) is 17.3 Å². The first-order valence-corrected chi connectivity index (χ1v) is 13.5. The number of nitrogens with one attached hydrogen (secondary N) is 2. The second kappa shape index (κ2) is 9.70. The molecule has 3 fully saturated rings. The predicted octanol–water partition coefficient (Wildman–Crippen LogP) is 2.78. The van der Waals surface area contributed by atoms with Gasteiger partial charge in [-0.2, -0.15) is 0 Å². The van der Waals surface area contributed by atoms with Crippen molar-refractivity contribution < 1.29 is 24.2 Å². The number of carbonyl (C=O) groups is 3. The second-order valence-electron chi connectivity index (χ2n) is 13.2. The molecule has 2 bridgehead atoms. The van der Waals surface area contributed by atoms with E-state index in [1.54, 1.807) is 4.90 Å². The topological polar surface area (TPSA) is 108 Å². The van der Waals surface area contributed by atoms with Crippen LogP contribution >= 0.6 is 0 Å². The first kappa shape index (κ1) is 27.6. The van der Waals surface area contributed by atoms with Gasteiger partial charge in [0.05, 0.1) is 17.4 Å². The van der Waals surface area contributed by atoms with Crippen molar-refractivity contribution >= 4 is 17.7 Å². The summed E-state index contributed by atoms with van der Waals surface area (Å²) in [5.41, 5.74) is -1.40. The Labute approximate surface area is 220 Å². The van der Waals surface area contributed by atoms with Crippen LogP contribution in [0.5, 0.6) is 0 Å². The lowest BCUT2D eigenvalue weighted by atomic mass is 9.66. The van der Waals surface area contributed by atoms with Crippen molar-refractivity contribution in [1.82, 2.24) is 15.5 Å². The molecule has 204 valence electrons. The number of rotatable bonds is 9. The molecule has 3 aliphatic rings. The molecule has 0 aliphatic carbocycles. The van der Waals surface area contributed by atoms with Gasteiger partial charge in [0.1, 0.15) is 11.6 Å². The summed E-state index contributed by atoms with van der Waals surface area (Å²) in [5.74, 6) is -2.12. The molecule has 0 aromatic heterocycles. The minimum atomic E-state index is -1.06. The molecule has 37 heavy (non-hydrogen) atoms. The van der Waals surface area contributed by atoms with E-state index in [-0.39, 0.29) is 36.3 Å². The van der Waals surface area contributed by atoms with Crippen LogP contribution in [0, 0.1) is 17.3 Å². The van der Waals surface area contributed by atoms with Gasteiger partial charge in [0, 0.05) is 25.2 Å². The van der Waals surface area contributed by atoms with Crippen LogP contribution < -0.4 is 10.6 Å². The SMILES string of the molecule is CC(C)(C)CC(C)(C)NC(=O)C1N(CCCO)C(=O)[C@@H]2[C@H](C(=O)NCc3ccccc3)[C@]3(C)CCC12O3. The van der Waals surface area contributed by atoms with Gasteiger partial charge in [-0.15, -0.1) is 0 Å². The lowest BCUT2D eigenvalue weighted by molar-refractivity contribution is -0.147. The molecule has 1 aromatic rings. The normalized spacial score (nSPS) is 30.9. The summed E-state index contributed by atoms with van der Waals surface area (Å²) in [6.07, 6.45) is 2.24. The Morgan fingerprint density at radius 3 is 2.41 bits per heavy atom. The summed E-state index contributed by atoms with van der Waals surface area (Å²) >= 11 is 0. The van der Waals surface area contributed by atoms with Crippen molar-refractivity contribution in [3.63, 3.8) is 0 Å². The highest BCUT2D eigenvalue weighted by Crippen LogP contribution is 2.63. The Bertz CT molecular complexity index is 1040. The Morgan fingerprint density at radius 1 is 1.11 bits per heavy atom. The third-order valence-corrected chi connectivity index (χ3v) is 8.11. The van der Waals surface area contributed by atoms with Crippen molar-refractivity contribution in [2.75, 3.05) is 13.2 Å². The number of aliphatic hydroxyl groups is 1. The molecule has 3 saturated heterocycles. The summed E-state index contributed by atoms with van der Waals surface area (Å²) in [4.78, 5) is 43.0. The van der Waals surface area contributed by atoms with Crippen molar-refractivity contribution in [2.45, 2.75) is 96.6 Å². The van der Waals surface area contributed by atoms with E-state index in [1.165, 1.54) is 0 Å². The van der Waals surface area contributed by atoms with Gasteiger partial charge in [0.2, 0.25) is 17.7 Å². The predicted molar refractivity (Wildman–Crippen MR) is 140 cm³/mol. The first-order valence-electron chi connectivity index (χ1n) is 13.5. The van der Waals surface area contributed by atoms with E-state index in [0.717, 1.165) is 12.0 Å². The van der Waals surface area contributed by atoms with E-state index >= 15 is 0 Å². The third kappa shape index (κ3) is 5.15. The number of ether oxygens (including phenoxy) is 1. The average Bonchev–Trinajstić information content (AvgIpc) is 3.35. The molecule has 4 rings (SSSR count). The third-order valence-electron chi connectivity index (χ3n) is 8.11. The lowest BCUT2D eigenvalue weighted by Gasteiger charge is -2.38. The van der Waals surface area contributed by atoms with Gasteiger partial charge in [-0.05, 0) is 57.4 Å². The zero-order valence-electron chi connectivity index (χ0n) is 23.1. The Morgan fingerprint density at radius 2 is 1.78 bits per heavy atom. The maximum Gasteiger partial charge on any atom is 0.246 e. The minimum absolute atomic E-state index is 0.00258. The van der Waals surface area contributed by atoms with Gasteiger partial charge in [-0.25, -0.2) is 0 Å². The highest BCUT2D eigenvalue weighted by molar-refractivity contribution is 5.99. The quantitative estimate of drug-likeness (QED) is 0.471. The molecule has 1 aromatic carbocycles. The molecule has 3 N–H and O–H groups in total. The van der Waals surface area contributed by atoms with Gasteiger partial charge < -0.3 is 25.4 Å². The average molecular weight is 514 g/mol. The standard InChI is InChI=1S/C29H43N3O5/c1-26(2,3)18-27(4,5)31-24(35)22-29-14-13-28(6,37-29)20(21(29)25(36)32(22)15-10-16-33)23(34)30-17-19-11-8-7-9-12-19/h7-9,11-12,20-22,33H,10,13-18H2,1-6H3,(H,30,34)(H,31,35)/t20-,21+,22?,28+,29?/m1/s1. The van der Waals surface area contributed by atoms with E-state index < -0.39 is 34.6 Å². The molecule has 2 unspecified atom stereocenters. The van der Waals surface area contributed by atoms with Crippen LogP contribution in [0.1, 0.15) is 72.8 Å². The number of hydrogen-bond donors (Lipinski definition) is 3. The van der Waals surface area contributed by atoms with Crippen molar-refractivity contribution in [3.05, 3.63) is 35.9 Å². The highest BCUT2D eigenvalue weighted by Gasteiger charge is 2.77. The number of amides is 3. The number of benzene rings is 1. The zero-order chi connectivity index (χ0) is 27.2. The van der Waals surface area contributed by atoms with Gasteiger partial charge in [0.25, 0.3) is 0 Å². The summed E-state index contributed by atoms with van der Waals surface area (Å²) in [6.45, 7) is 12.8. The van der Waals surface area contributed by atoms with Crippen LogP contribution in [-0.2, 0) is 25.7 Å². The van der Waals surface area contributed by atoms with Gasteiger partial charge >= 0.3 is 0 Å². The fourth-order valence-corrected chi connectivity index (χ4v) is 7.28. The van der Waals surface area contributed by atoms with Crippen LogP contribution in [0.4, 0.5) is 0 Å². The fourth-order valence-electron chi connectivity index (χ4n) is 7.28. The lowest BCUT2D eigenvalue weighted by Crippen LogP contribution is -2.59. The summed E-state index contributed by atoms with van der Waals surface area (Å²) < 4.78 is 6.64. The molecule has 5 atom stereocenters. The number of hydrogen-bond acceptors (Lipinski definition) is 5. The van der Waals surface area contributed by atoms with Crippen molar-refractivity contribution in [1.29, 1.82) is 0 Å². The van der Waals surface area contributed by atoms with Gasteiger partial charge in [-0.1, -0.05) is 51.1 Å². The number of carbonyl (C=O) groups excluding carboxylic acids is 3. The second-order valence-corrected chi connectivity index (χ2v) is 13.2. The molecule has 3 aliphatic heterocycles. The van der Waals surface area contributed by atoms with Gasteiger partial charge in [-0.3, -0.25) is 14.4 Å². The molecule has 1 spiro atoms. The van der Waals surface area contributed by atoms with E-state index in [2.05, 4.69) is 31.4 Å². The molecule has 8 nitrogen and oxygen atoms in total. The number of likely N-dealkylation sites (tertiary alicyclic amines) is 1. The largest absolute Gasteiger partial charge is 0.396 e. The van der Waals surface area contributed by atoms with E-state index in [1.807, 2.05) is 51.1 Å². The summed E-state index contributed by atoms with van der Waals surface area (Å²) in [7, 11) is 0. The summed E-state index contributed by atoms with van der Waals surface area (Å²) in [6, 6.07) is 8.80. The number of aliphatic hydroxyl groups excluding tert-OH is 1. The molecule has 8 heteroatoms. The monoisotopic (exact) mass is 513 g/mol. The van der Waals surface area contributed by atoms with Crippen LogP contribution in [0.2, 0.25) is 0 Å². The van der Waals surface area contributed by atoms with Crippen LogP contribution in [0.3, 0.4) is 0 Å². The maximum atomic E-state index is 13.9. The van der Waals surface area contributed by atoms with Crippen LogP contribution in [-0.4, -0.2) is 63.7 Å². The Balaban J connectivity index is 1.63. The van der Waals surface area contributed by atoms with E-state index in [4.69, 9.17) is 4.74 Å². The highest BCUT2D eigenvalue weighted by atomic mass is 16.5. The summed E-state index contributed by atoms with van der Waals surface area (Å²) in [5, 5.41) is 15.7. The number of fused-ring (bicyclic) bond motifs is 1. The first-order chi connectivity index (χ1) is 17.2. The molecular weight excluding hydrogens is 470 g/mol. The smallest absolute Gasteiger partial charge is 0.246 e.